The fourth-order valence-corrected chi connectivity index (χ4v) is 2.95. The van der Waals surface area contributed by atoms with Crippen molar-refractivity contribution in [3.63, 3.8) is 0 Å². The van der Waals surface area contributed by atoms with E-state index in [2.05, 4.69) is 10.3 Å². The zero-order valence-corrected chi connectivity index (χ0v) is 13.7. The summed E-state index contributed by atoms with van der Waals surface area (Å²) in [6.45, 7) is 2.26. The van der Waals surface area contributed by atoms with Gasteiger partial charge in [-0.25, -0.2) is 4.68 Å². The van der Waals surface area contributed by atoms with Gasteiger partial charge in [0.1, 0.15) is 5.69 Å². The van der Waals surface area contributed by atoms with Gasteiger partial charge in [0.15, 0.2) is 5.69 Å². The lowest BCUT2D eigenvalue weighted by Crippen LogP contribution is -2.41. The molecule has 0 radical (unpaired) electrons. The number of benzene rings is 2. The van der Waals surface area contributed by atoms with Gasteiger partial charge in [-0.05, 0) is 12.1 Å². The molecule has 2 aromatic carbocycles. The zero-order valence-electron chi connectivity index (χ0n) is 13.7. The molecule has 1 aromatic heterocycles. The molecule has 1 amide bonds. The molecule has 1 saturated heterocycles. The molecule has 1 aliphatic rings. The molecule has 25 heavy (non-hydrogen) atoms. The molecule has 0 aliphatic carbocycles. The molecule has 0 N–H and O–H groups in total. The highest BCUT2D eigenvalue weighted by Crippen LogP contribution is 2.26. The van der Waals surface area contributed by atoms with Crippen molar-refractivity contribution >= 4 is 5.91 Å². The predicted molar refractivity (Wildman–Crippen MR) is 93.5 cm³/mol. The van der Waals surface area contributed by atoms with E-state index in [4.69, 9.17) is 4.74 Å². The van der Waals surface area contributed by atoms with Crippen LogP contribution in [-0.2, 0) is 4.74 Å². The highest BCUT2D eigenvalue weighted by molar-refractivity contribution is 5.98. The van der Waals surface area contributed by atoms with Crippen LogP contribution in [-0.4, -0.2) is 52.1 Å². The van der Waals surface area contributed by atoms with E-state index in [0.717, 1.165) is 11.3 Å². The molecule has 126 valence electrons. The Labute approximate surface area is 145 Å². The van der Waals surface area contributed by atoms with Crippen molar-refractivity contribution in [1.82, 2.24) is 19.9 Å². The van der Waals surface area contributed by atoms with Crippen molar-refractivity contribution in [2.45, 2.75) is 0 Å². The first kappa shape index (κ1) is 15.5. The van der Waals surface area contributed by atoms with Crippen LogP contribution in [0.1, 0.15) is 10.5 Å². The normalized spacial score (nSPS) is 14.5. The Balaban J connectivity index is 1.82. The molecule has 2 heterocycles. The number of hydrogen-bond donors (Lipinski definition) is 0. The fourth-order valence-electron chi connectivity index (χ4n) is 2.95. The van der Waals surface area contributed by atoms with Gasteiger partial charge in [0, 0.05) is 18.7 Å². The molecule has 3 aromatic rings. The Morgan fingerprint density at radius 2 is 1.56 bits per heavy atom. The summed E-state index contributed by atoms with van der Waals surface area (Å²) in [5.41, 5.74) is 2.86. The van der Waals surface area contributed by atoms with Crippen molar-refractivity contribution in [3.05, 3.63) is 66.4 Å². The lowest BCUT2D eigenvalue weighted by atomic mass is 10.1. The van der Waals surface area contributed by atoms with Gasteiger partial charge in [0.05, 0.1) is 18.9 Å². The van der Waals surface area contributed by atoms with Crippen molar-refractivity contribution in [1.29, 1.82) is 0 Å². The Morgan fingerprint density at radius 1 is 0.920 bits per heavy atom. The van der Waals surface area contributed by atoms with E-state index in [1.165, 1.54) is 0 Å². The van der Waals surface area contributed by atoms with Crippen molar-refractivity contribution in [2.24, 2.45) is 0 Å². The molecular formula is C19H18N4O2. The second kappa shape index (κ2) is 6.86. The van der Waals surface area contributed by atoms with Gasteiger partial charge in [0.2, 0.25) is 0 Å². The lowest BCUT2D eigenvalue weighted by molar-refractivity contribution is 0.0299. The largest absolute Gasteiger partial charge is 0.378 e. The zero-order chi connectivity index (χ0) is 17.1. The third-order valence-electron chi connectivity index (χ3n) is 4.22. The van der Waals surface area contributed by atoms with Crippen LogP contribution in [0.5, 0.6) is 0 Å². The van der Waals surface area contributed by atoms with E-state index in [1.807, 2.05) is 60.7 Å². The number of morpholine rings is 1. The summed E-state index contributed by atoms with van der Waals surface area (Å²) in [5, 5.41) is 8.49. The van der Waals surface area contributed by atoms with Crippen molar-refractivity contribution in [2.75, 3.05) is 26.3 Å². The average Bonchev–Trinajstić information content (AvgIpc) is 3.14. The maximum Gasteiger partial charge on any atom is 0.276 e. The summed E-state index contributed by atoms with van der Waals surface area (Å²) in [5.74, 6) is -0.107. The number of aromatic nitrogens is 3. The maximum atomic E-state index is 13.0. The van der Waals surface area contributed by atoms with Crippen LogP contribution >= 0.6 is 0 Å². The molecule has 1 aliphatic heterocycles. The SMILES string of the molecule is O=C(c1nnn(-c2ccccc2)c1-c1ccccc1)N1CCOCC1. The maximum absolute atomic E-state index is 13.0. The van der Waals surface area contributed by atoms with Crippen LogP contribution in [0.3, 0.4) is 0 Å². The number of rotatable bonds is 3. The standard InChI is InChI=1S/C19H18N4O2/c24-19(22-11-13-25-14-12-22)17-18(15-7-3-1-4-8-15)23(21-20-17)16-9-5-2-6-10-16/h1-10H,11-14H2. The predicted octanol–water partition coefficient (Wildman–Crippen LogP) is 2.41. The van der Waals surface area contributed by atoms with E-state index < -0.39 is 0 Å². The van der Waals surface area contributed by atoms with Gasteiger partial charge in [0.25, 0.3) is 5.91 Å². The third-order valence-corrected chi connectivity index (χ3v) is 4.22. The van der Waals surface area contributed by atoms with Crippen LogP contribution in [0.2, 0.25) is 0 Å². The molecule has 6 heteroatoms. The van der Waals surface area contributed by atoms with Gasteiger partial charge in [-0.2, -0.15) is 0 Å². The average molecular weight is 334 g/mol. The summed E-state index contributed by atoms with van der Waals surface area (Å²) in [7, 11) is 0. The van der Waals surface area contributed by atoms with Gasteiger partial charge in [-0.15, -0.1) is 5.10 Å². The number of nitrogens with zero attached hydrogens (tertiary/aromatic N) is 4. The summed E-state index contributed by atoms with van der Waals surface area (Å²) < 4.78 is 7.07. The Kier molecular flexibility index (Phi) is 4.26. The Bertz CT molecular complexity index is 856. The lowest BCUT2D eigenvalue weighted by Gasteiger charge is -2.26. The summed E-state index contributed by atoms with van der Waals surface area (Å²) in [6, 6.07) is 19.5. The smallest absolute Gasteiger partial charge is 0.276 e. The minimum absolute atomic E-state index is 0.107. The summed E-state index contributed by atoms with van der Waals surface area (Å²) >= 11 is 0. The molecule has 1 fully saturated rings. The molecule has 0 atom stereocenters. The molecular weight excluding hydrogens is 316 g/mol. The van der Waals surface area contributed by atoms with Crippen molar-refractivity contribution < 1.29 is 9.53 Å². The van der Waals surface area contributed by atoms with Gasteiger partial charge in [-0.1, -0.05) is 53.7 Å². The first-order chi connectivity index (χ1) is 12.3. The topological polar surface area (TPSA) is 60.2 Å². The number of ether oxygens (including phenoxy) is 1. The van der Waals surface area contributed by atoms with Crippen LogP contribution in [0.4, 0.5) is 0 Å². The van der Waals surface area contributed by atoms with E-state index in [1.54, 1.807) is 9.58 Å². The fraction of sp³-hybridized carbons (Fsp3) is 0.211. The van der Waals surface area contributed by atoms with E-state index in [9.17, 15) is 4.79 Å². The molecule has 4 rings (SSSR count). The first-order valence-electron chi connectivity index (χ1n) is 8.28. The van der Waals surface area contributed by atoms with E-state index in [0.29, 0.717) is 37.7 Å². The highest BCUT2D eigenvalue weighted by Gasteiger charge is 2.27. The number of para-hydroxylation sites is 1. The van der Waals surface area contributed by atoms with Gasteiger partial charge in [-0.3, -0.25) is 4.79 Å². The molecule has 6 nitrogen and oxygen atoms in total. The second-order valence-corrected chi connectivity index (χ2v) is 5.80. The van der Waals surface area contributed by atoms with Crippen LogP contribution in [0.15, 0.2) is 60.7 Å². The first-order valence-corrected chi connectivity index (χ1v) is 8.28. The van der Waals surface area contributed by atoms with E-state index in [-0.39, 0.29) is 5.91 Å². The summed E-state index contributed by atoms with van der Waals surface area (Å²) in [4.78, 5) is 14.8. The number of carbonyl (C=O) groups excluding carboxylic acids is 1. The van der Waals surface area contributed by atoms with Crippen LogP contribution in [0, 0.1) is 0 Å². The summed E-state index contributed by atoms with van der Waals surface area (Å²) in [6.07, 6.45) is 0. The highest BCUT2D eigenvalue weighted by atomic mass is 16.5. The molecule has 0 saturated carbocycles. The van der Waals surface area contributed by atoms with Gasteiger partial charge < -0.3 is 9.64 Å². The van der Waals surface area contributed by atoms with E-state index >= 15 is 0 Å². The Morgan fingerprint density at radius 3 is 2.24 bits per heavy atom. The number of hydrogen-bond acceptors (Lipinski definition) is 4. The van der Waals surface area contributed by atoms with Crippen LogP contribution in [0.25, 0.3) is 16.9 Å². The minimum atomic E-state index is -0.107. The molecule has 0 bridgehead atoms. The molecule has 0 spiro atoms. The van der Waals surface area contributed by atoms with Gasteiger partial charge >= 0.3 is 0 Å². The monoisotopic (exact) mass is 334 g/mol. The van der Waals surface area contributed by atoms with Crippen LogP contribution < -0.4 is 0 Å². The molecule has 0 unspecified atom stereocenters. The second-order valence-electron chi connectivity index (χ2n) is 5.80. The quantitative estimate of drug-likeness (QED) is 0.738. The third kappa shape index (κ3) is 3.04. The van der Waals surface area contributed by atoms with Crippen molar-refractivity contribution in [3.8, 4) is 16.9 Å². The number of carbonyl (C=O) groups is 1. The Hall–Kier alpha value is -2.99. The number of amides is 1. The minimum Gasteiger partial charge on any atom is -0.378 e.